The van der Waals surface area contributed by atoms with Crippen LogP contribution >= 0.6 is 0 Å². The average molecular weight is 378 g/mol. The van der Waals surface area contributed by atoms with Crippen molar-refractivity contribution in [3.8, 4) is 0 Å². The van der Waals surface area contributed by atoms with E-state index in [0.29, 0.717) is 29.3 Å². The van der Waals surface area contributed by atoms with Gasteiger partial charge in [-0.2, -0.15) is 0 Å². The van der Waals surface area contributed by atoms with Crippen LogP contribution in [0.2, 0.25) is 0 Å². The fourth-order valence-corrected chi connectivity index (χ4v) is 3.32. The lowest BCUT2D eigenvalue weighted by molar-refractivity contribution is -0.116. The van der Waals surface area contributed by atoms with Gasteiger partial charge in [0.25, 0.3) is 5.56 Å². The fraction of sp³-hybridized carbons (Fsp3) is 0.304. The molecule has 1 amide bonds. The first kappa shape index (κ1) is 19.8. The molecule has 0 bridgehead atoms. The molecule has 3 rings (SSSR count). The highest BCUT2D eigenvalue weighted by Crippen LogP contribution is 2.21. The Morgan fingerprint density at radius 2 is 1.82 bits per heavy atom. The number of aryl methyl sites for hydroxylation is 2. The number of aromatic nitrogens is 1. The lowest BCUT2D eigenvalue weighted by atomic mass is 10.0. The zero-order chi connectivity index (χ0) is 20.3. The number of benzene rings is 2. The van der Waals surface area contributed by atoms with Crippen molar-refractivity contribution in [2.24, 2.45) is 0 Å². The number of pyridine rings is 1. The van der Waals surface area contributed by atoms with Crippen LogP contribution in [0.25, 0.3) is 10.8 Å². The molecule has 2 aromatic carbocycles. The Morgan fingerprint density at radius 3 is 2.54 bits per heavy atom. The molecule has 0 spiro atoms. The number of hydrogen-bond acceptors (Lipinski definition) is 3. The number of carbonyl (C=O) groups excluding carboxylic acids is 1. The lowest BCUT2D eigenvalue weighted by Crippen LogP contribution is -2.32. The fourth-order valence-electron chi connectivity index (χ4n) is 3.32. The number of hydrogen-bond donors (Lipinski definition) is 2. The Kier molecular flexibility index (Phi) is 5.66. The summed E-state index contributed by atoms with van der Waals surface area (Å²) in [5.41, 5.74) is 1.78. The topological polar surface area (TPSA) is 71.3 Å². The summed E-state index contributed by atoms with van der Waals surface area (Å²) in [4.78, 5) is 25.2. The molecule has 0 aliphatic heterocycles. The molecular formula is C23H26N2O3. The summed E-state index contributed by atoms with van der Waals surface area (Å²) in [6.07, 6.45) is 2.70. The molecule has 0 aliphatic carbocycles. The van der Waals surface area contributed by atoms with Crippen LogP contribution in [0.3, 0.4) is 0 Å². The third-order valence-corrected chi connectivity index (χ3v) is 4.73. The van der Waals surface area contributed by atoms with Gasteiger partial charge in [-0.3, -0.25) is 9.59 Å². The van der Waals surface area contributed by atoms with E-state index in [1.807, 2.05) is 31.2 Å². The van der Waals surface area contributed by atoms with E-state index < -0.39 is 5.60 Å². The lowest BCUT2D eigenvalue weighted by Gasteiger charge is -2.19. The van der Waals surface area contributed by atoms with Gasteiger partial charge in [0, 0.05) is 29.1 Å². The molecule has 0 fully saturated rings. The molecule has 3 aromatic rings. The third-order valence-electron chi connectivity index (χ3n) is 4.73. The van der Waals surface area contributed by atoms with Crippen molar-refractivity contribution in [2.45, 2.75) is 45.8 Å². The number of nitrogens with zero attached hydrogens (tertiary/aromatic N) is 1. The maximum absolute atomic E-state index is 12.7. The smallest absolute Gasteiger partial charge is 0.258 e. The second-order valence-electron chi connectivity index (χ2n) is 7.80. The van der Waals surface area contributed by atoms with Crippen LogP contribution in [0.15, 0.2) is 59.5 Å². The minimum Gasteiger partial charge on any atom is -0.389 e. The van der Waals surface area contributed by atoms with E-state index in [9.17, 15) is 14.7 Å². The maximum atomic E-state index is 12.7. The second kappa shape index (κ2) is 7.98. The molecule has 0 saturated heterocycles. The number of carbonyl (C=O) groups is 1. The van der Waals surface area contributed by atoms with Crippen LogP contribution in [0.5, 0.6) is 0 Å². The van der Waals surface area contributed by atoms with Gasteiger partial charge >= 0.3 is 0 Å². The van der Waals surface area contributed by atoms with Crippen molar-refractivity contribution in [1.82, 2.24) is 4.57 Å². The molecule has 2 N–H and O–H groups in total. The molecule has 146 valence electrons. The van der Waals surface area contributed by atoms with Crippen molar-refractivity contribution in [1.29, 1.82) is 0 Å². The zero-order valence-corrected chi connectivity index (χ0v) is 16.5. The molecule has 1 aromatic heterocycles. The minimum absolute atomic E-state index is 0.0866. The van der Waals surface area contributed by atoms with Crippen LogP contribution in [0.4, 0.5) is 5.69 Å². The van der Waals surface area contributed by atoms with E-state index in [1.54, 1.807) is 44.3 Å². The number of anilines is 1. The molecule has 0 saturated carbocycles. The van der Waals surface area contributed by atoms with Gasteiger partial charge in [0.1, 0.15) is 0 Å². The summed E-state index contributed by atoms with van der Waals surface area (Å²) in [7, 11) is 0. The van der Waals surface area contributed by atoms with Gasteiger partial charge in [0.05, 0.1) is 12.1 Å². The van der Waals surface area contributed by atoms with Crippen molar-refractivity contribution < 1.29 is 9.90 Å². The minimum atomic E-state index is -0.987. The number of fused-ring (bicyclic) bond motifs is 1. The van der Waals surface area contributed by atoms with Gasteiger partial charge in [-0.05, 0) is 56.5 Å². The first-order chi connectivity index (χ1) is 13.2. The first-order valence-electron chi connectivity index (χ1n) is 9.43. The first-order valence-corrected chi connectivity index (χ1v) is 9.43. The van der Waals surface area contributed by atoms with Crippen LogP contribution < -0.4 is 10.9 Å². The Bertz CT molecular complexity index is 1060. The van der Waals surface area contributed by atoms with E-state index in [0.717, 1.165) is 5.56 Å². The van der Waals surface area contributed by atoms with Gasteiger partial charge in [0.2, 0.25) is 5.91 Å². The van der Waals surface area contributed by atoms with Crippen LogP contribution in [-0.4, -0.2) is 21.2 Å². The molecule has 0 unspecified atom stereocenters. The Labute approximate surface area is 164 Å². The molecule has 0 aliphatic rings. The van der Waals surface area contributed by atoms with Gasteiger partial charge < -0.3 is 15.0 Å². The molecule has 5 heteroatoms. The Morgan fingerprint density at radius 1 is 1.07 bits per heavy atom. The maximum Gasteiger partial charge on any atom is 0.258 e. The summed E-state index contributed by atoms with van der Waals surface area (Å²) in [6.45, 7) is 5.56. The van der Waals surface area contributed by atoms with E-state index in [4.69, 9.17) is 0 Å². The standard InChI is InChI=1S/C23H26N2O3/c1-16-7-4-5-8-17(16)11-12-21(26)24-20-10-6-9-19-18(20)13-14-25(22(19)27)15-23(2,3)28/h4-10,13-14,28H,11-12,15H2,1-3H3,(H,24,26). The summed E-state index contributed by atoms with van der Waals surface area (Å²) >= 11 is 0. The normalized spacial score (nSPS) is 11.6. The zero-order valence-electron chi connectivity index (χ0n) is 16.5. The van der Waals surface area contributed by atoms with Crippen LogP contribution in [0.1, 0.15) is 31.4 Å². The molecule has 0 radical (unpaired) electrons. The highest BCUT2D eigenvalue weighted by atomic mass is 16.3. The molecular weight excluding hydrogens is 352 g/mol. The van der Waals surface area contributed by atoms with Crippen molar-refractivity contribution in [2.75, 3.05) is 5.32 Å². The van der Waals surface area contributed by atoms with E-state index >= 15 is 0 Å². The van der Waals surface area contributed by atoms with Gasteiger partial charge in [-0.25, -0.2) is 0 Å². The quantitative estimate of drug-likeness (QED) is 0.688. The van der Waals surface area contributed by atoms with E-state index in [1.165, 1.54) is 10.1 Å². The monoisotopic (exact) mass is 378 g/mol. The Hall–Kier alpha value is -2.92. The SMILES string of the molecule is Cc1ccccc1CCC(=O)Nc1cccc2c(=O)n(CC(C)(C)O)ccc12. The molecule has 0 atom stereocenters. The molecule has 1 heterocycles. The summed E-state index contributed by atoms with van der Waals surface area (Å²) < 4.78 is 1.49. The summed E-state index contributed by atoms with van der Waals surface area (Å²) in [5.74, 6) is -0.0866. The highest BCUT2D eigenvalue weighted by molar-refractivity contribution is 6.01. The highest BCUT2D eigenvalue weighted by Gasteiger charge is 2.16. The van der Waals surface area contributed by atoms with Crippen molar-refractivity contribution in [3.05, 3.63) is 76.2 Å². The van der Waals surface area contributed by atoms with E-state index in [2.05, 4.69) is 5.32 Å². The number of nitrogens with one attached hydrogen (secondary N) is 1. The predicted molar refractivity (Wildman–Crippen MR) is 113 cm³/mol. The van der Waals surface area contributed by atoms with Crippen molar-refractivity contribution >= 4 is 22.4 Å². The Balaban J connectivity index is 1.80. The summed E-state index contributed by atoms with van der Waals surface area (Å²) in [6, 6.07) is 15.1. The number of aliphatic hydroxyl groups is 1. The van der Waals surface area contributed by atoms with Crippen molar-refractivity contribution in [3.63, 3.8) is 0 Å². The third kappa shape index (κ3) is 4.67. The van der Waals surface area contributed by atoms with E-state index in [-0.39, 0.29) is 18.0 Å². The number of rotatable bonds is 6. The molecule has 5 nitrogen and oxygen atoms in total. The van der Waals surface area contributed by atoms with Gasteiger partial charge in [0.15, 0.2) is 0 Å². The van der Waals surface area contributed by atoms with Crippen LogP contribution in [-0.2, 0) is 17.8 Å². The average Bonchev–Trinajstić information content (AvgIpc) is 2.63. The largest absolute Gasteiger partial charge is 0.389 e. The van der Waals surface area contributed by atoms with Gasteiger partial charge in [-0.15, -0.1) is 0 Å². The summed E-state index contributed by atoms with van der Waals surface area (Å²) in [5, 5.41) is 14.1. The second-order valence-corrected chi connectivity index (χ2v) is 7.80. The number of amides is 1. The van der Waals surface area contributed by atoms with Crippen LogP contribution in [0, 0.1) is 6.92 Å². The van der Waals surface area contributed by atoms with Gasteiger partial charge in [-0.1, -0.05) is 30.3 Å². The predicted octanol–water partition coefficient (Wildman–Crippen LogP) is 3.65. The molecule has 28 heavy (non-hydrogen) atoms.